The summed E-state index contributed by atoms with van der Waals surface area (Å²) in [6.07, 6.45) is 0. The molecule has 0 atom stereocenters. The fourth-order valence-corrected chi connectivity index (χ4v) is 1.06. The van der Waals surface area contributed by atoms with Gasteiger partial charge in [0.1, 0.15) is 0 Å². The number of aromatic carboxylic acids is 1. The Balaban J connectivity index is 2.98. The molecule has 0 radical (unpaired) electrons. The van der Waals surface area contributed by atoms with Gasteiger partial charge in [0.05, 0.1) is 5.56 Å². The predicted octanol–water partition coefficient (Wildman–Crippen LogP) is 2.13. The van der Waals surface area contributed by atoms with Crippen LogP contribution in [0.5, 0.6) is 0 Å². The van der Waals surface area contributed by atoms with E-state index < -0.39 is 5.97 Å². The van der Waals surface area contributed by atoms with E-state index in [4.69, 9.17) is 5.11 Å². The van der Waals surface area contributed by atoms with Crippen molar-refractivity contribution in [1.82, 2.24) is 0 Å². The largest absolute Gasteiger partial charge is 0.478 e. The van der Waals surface area contributed by atoms with Crippen molar-refractivity contribution in [3.63, 3.8) is 0 Å². The molecule has 0 unspecified atom stereocenters. The van der Waals surface area contributed by atoms with Crippen molar-refractivity contribution in [1.29, 1.82) is 0 Å². The Morgan fingerprint density at radius 2 is 1.92 bits per heavy atom. The molecule has 0 saturated heterocycles. The van der Waals surface area contributed by atoms with E-state index in [-0.39, 0.29) is 5.56 Å². The fourth-order valence-electron chi connectivity index (χ4n) is 0.751. The molecule has 2 nitrogen and oxygen atoms in total. The maximum Gasteiger partial charge on any atom is 0.335 e. The highest BCUT2D eigenvalue weighted by molar-refractivity contribution is 14.1. The topological polar surface area (TPSA) is 37.3 Å². The van der Waals surface area contributed by atoms with Gasteiger partial charge in [-0.3, -0.25) is 0 Å². The van der Waals surface area contributed by atoms with E-state index in [2.05, 4.69) is 9.85 Å². The maximum absolute atomic E-state index is 10.4. The van der Waals surface area contributed by atoms with Crippen molar-refractivity contribution in [2.24, 2.45) is 0 Å². The molecule has 1 N–H and O–H groups in total. The van der Waals surface area contributed by atoms with Gasteiger partial charge in [0, 0.05) is 28.2 Å². The van der Waals surface area contributed by atoms with Crippen LogP contribution in [0.25, 0.3) is 0 Å². The fraction of sp³-hybridized carbons (Fsp3) is 0. The van der Waals surface area contributed by atoms with Gasteiger partial charge in [0.2, 0.25) is 0 Å². The van der Waals surface area contributed by atoms with Crippen LogP contribution in [0.15, 0.2) is 24.3 Å². The highest BCUT2D eigenvalue weighted by Crippen LogP contribution is 2.02. The van der Waals surface area contributed by atoms with E-state index in [0.29, 0.717) is 0 Å². The Hall–Kier alpha value is -1.02. The number of carboxylic acids is 1. The van der Waals surface area contributed by atoms with Crippen LogP contribution in [0.1, 0.15) is 15.9 Å². The van der Waals surface area contributed by atoms with Crippen LogP contribution in [0.4, 0.5) is 0 Å². The molecular formula is C9H5IO2. The van der Waals surface area contributed by atoms with Crippen LogP contribution in [0.2, 0.25) is 0 Å². The summed E-state index contributed by atoms with van der Waals surface area (Å²) in [7, 11) is 0. The van der Waals surface area contributed by atoms with E-state index >= 15 is 0 Å². The molecule has 0 aromatic heterocycles. The number of hydrogen-bond donors (Lipinski definition) is 1. The summed E-state index contributed by atoms with van der Waals surface area (Å²) in [6, 6.07) is 6.46. The lowest BCUT2D eigenvalue weighted by Gasteiger charge is -1.92. The third kappa shape index (κ3) is 2.24. The molecule has 0 amide bonds. The molecule has 60 valence electrons. The summed E-state index contributed by atoms with van der Waals surface area (Å²) in [5, 5.41) is 8.57. The van der Waals surface area contributed by atoms with Crippen LogP contribution in [-0.2, 0) is 0 Å². The summed E-state index contributed by atoms with van der Waals surface area (Å²) in [5.74, 6) is 1.90. The first kappa shape index (κ1) is 9.07. The maximum atomic E-state index is 10.4. The Morgan fingerprint density at radius 3 is 2.33 bits per heavy atom. The zero-order chi connectivity index (χ0) is 8.97. The molecule has 1 rings (SSSR count). The molecule has 0 aliphatic carbocycles. The number of hydrogen-bond acceptors (Lipinski definition) is 1. The number of rotatable bonds is 1. The van der Waals surface area contributed by atoms with Crippen molar-refractivity contribution >= 4 is 28.6 Å². The Kier molecular flexibility index (Phi) is 3.11. The van der Waals surface area contributed by atoms with Gasteiger partial charge in [-0.15, -0.1) is 0 Å². The first-order valence-corrected chi connectivity index (χ1v) is 4.27. The molecule has 1 aromatic rings. The third-order valence-electron chi connectivity index (χ3n) is 1.32. The summed E-state index contributed by atoms with van der Waals surface area (Å²) < 4.78 is 2.71. The second-order valence-corrected chi connectivity index (χ2v) is 2.64. The number of halogens is 1. The smallest absolute Gasteiger partial charge is 0.335 e. The predicted molar refractivity (Wildman–Crippen MR) is 54.3 cm³/mol. The van der Waals surface area contributed by atoms with Crippen molar-refractivity contribution in [3.8, 4) is 9.85 Å². The minimum atomic E-state index is -0.913. The first-order valence-electron chi connectivity index (χ1n) is 3.19. The molecular weight excluding hydrogens is 267 g/mol. The van der Waals surface area contributed by atoms with E-state index in [0.717, 1.165) is 5.56 Å². The molecule has 0 fully saturated rings. The quantitative estimate of drug-likeness (QED) is 0.628. The first-order chi connectivity index (χ1) is 5.74. The standard InChI is InChI=1S/C9H5IO2/c10-6-5-7-1-3-8(4-2-7)9(11)12/h1-4H,(H,11,12). The zero-order valence-electron chi connectivity index (χ0n) is 6.04. The van der Waals surface area contributed by atoms with Crippen LogP contribution in [-0.4, -0.2) is 11.1 Å². The SMILES string of the molecule is O=C(O)c1ccc(C#CI)cc1. The van der Waals surface area contributed by atoms with Crippen LogP contribution < -0.4 is 0 Å². The monoisotopic (exact) mass is 272 g/mol. The van der Waals surface area contributed by atoms with Gasteiger partial charge in [0.25, 0.3) is 0 Å². The molecule has 12 heavy (non-hydrogen) atoms. The third-order valence-corrected chi connectivity index (χ3v) is 1.59. The average Bonchev–Trinajstić information content (AvgIpc) is 2.06. The number of benzene rings is 1. The number of carboxylic acid groups (broad SMARTS) is 1. The van der Waals surface area contributed by atoms with Gasteiger partial charge >= 0.3 is 5.97 Å². The minimum Gasteiger partial charge on any atom is -0.478 e. The van der Waals surface area contributed by atoms with Gasteiger partial charge < -0.3 is 5.11 Å². The lowest BCUT2D eigenvalue weighted by molar-refractivity contribution is 0.0697. The molecule has 1 aromatic carbocycles. The molecule has 0 aliphatic rings. The lowest BCUT2D eigenvalue weighted by Crippen LogP contribution is -1.94. The Bertz CT molecular complexity index is 343. The van der Waals surface area contributed by atoms with Crippen LogP contribution in [0.3, 0.4) is 0 Å². The highest BCUT2D eigenvalue weighted by Gasteiger charge is 1.99. The molecule has 0 aliphatic heterocycles. The van der Waals surface area contributed by atoms with Crippen molar-refractivity contribution < 1.29 is 9.90 Å². The zero-order valence-corrected chi connectivity index (χ0v) is 8.20. The average molecular weight is 272 g/mol. The highest BCUT2D eigenvalue weighted by atomic mass is 127. The van der Waals surface area contributed by atoms with Gasteiger partial charge in [-0.1, -0.05) is 5.92 Å². The second kappa shape index (κ2) is 4.12. The van der Waals surface area contributed by atoms with Gasteiger partial charge in [-0.05, 0) is 28.2 Å². The second-order valence-electron chi connectivity index (χ2n) is 2.10. The number of carbonyl (C=O) groups is 1. The van der Waals surface area contributed by atoms with Gasteiger partial charge in [0.15, 0.2) is 0 Å². The molecule has 0 spiro atoms. The van der Waals surface area contributed by atoms with E-state index in [1.807, 2.05) is 22.6 Å². The molecule has 0 heterocycles. The van der Waals surface area contributed by atoms with E-state index in [1.165, 1.54) is 0 Å². The van der Waals surface area contributed by atoms with Crippen molar-refractivity contribution in [2.75, 3.05) is 0 Å². The molecule has 3 heteroatoms. The van der Waals surface area contributed by atoms with Gasteiger partial charge in [-0.2, -0.15) is 0 Å². The molecule has 0 bridgehead atoms. The van der Waals surface area contributed by atoms with Crippen LogP contribution >= 0.6 is 22.6 Å². The minimum absolute atomic E-state index is 0.286. The van der Waals surface area contributed by atoms with Gasteiger partial charge in [-0.25, -0.2) is 4.79 Å². The van der Waals surface area contributed by atoms with E-state index in [1.54, 1.807) is 24.3 Å². The van der Waals surface area contributed by atoms with Crippen LogP contribution in [0, 0.1) is 9.85 Å². The molecule has 0 saturated carbocycles. The Morgan fingerprint density at radius 1 is 1.33 bits per heavy atom. The normalized spacial score (nSPS) is 8.42. The van der Waals surface area contributed by atoms with Crippen molar-refractivity contribution in [2.45, 2.75) is 0 Å². The summed E-state index contributed by atoms with van der Waals surface area (Å²) >= 11 is 1.94. The summed E-state index contributed by atoms with van der Waals surface area (Å²) in [5.41, 5.74) is 1.11. The summed E-state index contributed by atoms with van der Waals surface area (Å²) in [6.45, 7) is 0. The van der Waals surface area contributed by atoms with Crippen molar-refractivity contribution in [3.05, 3.63) is 35.4 Å². The van der Waals surface area contributed by atoms with E-state index in [9.17, 15) is 4.79 Å². The lowest BCUT2D eigenvalue weighted by atomic mass is 10.1. The summed E-state index contributed by atoms with van der Waals surface area (Å²) in [4.78, 5) is 10.4. The Labute approximate surface area is 83.7 Å².